The Morgan fingerprint density at radius 1 is 1.29 bits per heavy atom. The maximum absolute atomic E-state index is 11.2. The highest BCUT2D eigenvalue weighted by molar-refractivity contribution is 7.91. The van der Waals surface area contributed by atoms with Crippen LogP contribution in [0.25, 0.3) is 0 Å². The van der Waals surface area contributed by atoms with Crippen molar-refractivity contribution in [3.8, 4) is 0 Å². The van der Waals surface area contributed by atoms with Gasteiger partial charge in [-0.3, -0.25) is 0 Å². The zero-order valence-corrected chi connectivity index (χ0v) is 10.4. The lowest BCUT2D eigenvalue weighted by atomic mass is 10.1. The smallest absolute Gasteiger partial charge is 0.150 e. The first-order chi connectivity index (χ1) is 6.52. The van der Waals surface area contributed by atoms with Crippen LogP contribution >= 0.6 is 0 Å². The van der Waals surface area contributed by atoms with Crippen LogP contribution in [0, 0.1) is 5.92 Å². The fraction of sp³-hybridized carbons (Fsp3) is 1.00. The molecular formula is C10H23NO2S. The molecule has 0 heterocycles. The van der Waals surface area contributed by atoms with Gasteiger partial charge in [-0.1, -0.05) is 20.3 Å². The van der Waals surface area contributed by atoms with Crippen molar-refractivity contribution in [3.05, 3.63) is 0 Å². The molecule has 1 unspecified atom stereocenters. The van der Waals surface area contributed by atoms with Crippen molar-refractivity contribution in [1.29, 1.82) is 0 Å². The average molecular weight is 221 g/mol. The van der Waals surface area contributed by atoms with E-state index < -0.39 is 9.84 Å². The van der Waals surface area contributed by atoms with Crippen molar-refractivity contribution in [2.24, 2.45) is 5.92 Å². The van der Waals surface area contributed by atoms with Crippen molar-refractivity contribution in [1.82, 2.24) is 5.32 Å². The van der Waals surface area contributed by atoms with Gasteiger partial charge in [-0.25, -0.2) is 8.42 Å². The zero-order chi connectivity index (χ0) is 11.0. The first-order valence-corrected chi connectivity index (χ1v) is 7.19. The molecule has 4 heteroatoms. The molecule has 14 heavy (non-hydrogen) atoms. The van der Waals surface area contributed by atoms with Crippen LogP contribution < -0.4 is 5.32 Å². The minimum atomic E-state index is -2.75. The molecule has 0 saturated heterocycles. The van der Waals surface area contributed by atoms with Crippen molar-refractivity contribution in [2.75, 3.05) is 25.1 Å². The predicted octanol–water partition coefficient (Wildman–Crippen LogP) is 1.45. The van der Waals surface area contributed by atoms with Gasteiger partial charge in [0.15, 0.2) is 0 Å². The Hall–Kier alpha value is -0.0900. The predicted molar refractivity (Wildman–Crippen MR) is 61.3 cm³/mol. The normalized spacial score (nSPS) is 14.2. The topological polar surface area (TPSA) is 46.2 Å². The molecule has 0 fully saturated rings. The number of nitrogens with one attached hydrogen (secondary N) is 1. The van der Waals surface area contributed by atoms with Crippen LogP contribution in [0.3, 0.4) is 0 Å². The summed E-state index contributed by atoms with van der Waals surface area (Å²) >= 11 is 0. The highest BCUT2D eigenvalue weighted by atomic mass is 32.2. The van der Waals surface area contributed by atoms with Crippen LogP contribution in [0.4, 0.5) is 0 Å². The molecule has 0 aromatic rings. The molecule has 0 aromatic heterocycles. The minimum Gasteiger partial charge on any atom is -0.319 e. The average Bonchev–Trinajstić information content (AvgIpc) is 2.13. The Morgan fingerprint density at radius 2 is 1.93 bits per heavy atom. The van der Waals surface area contributed by atoms with Gasteiger partial charge >= 0.3 is 0 Å². The Labute approximate surface area is 88.2 Å². The molecule has 0 aliphatic carbocycles. The molecule has 1 atom stereocenters. The third-order valence-electron chi connectivity index (χ3n) is 2.39. The maximum Gasteiger partial charge on any atom is 0.150 e. The summed E-state index contributed by atoms with van der Waals surface area (Å²) in [5.74, 6) is 1.28. The monoisotopic (exact) mass is 221 g/mol. The van der Waals surface area contributed by atoms with E-state index in [9.17, 15) is 8.42 Å². The molecule has 0 amide bonds. The van der Waals surface area contributed by atoms with E-state index in [0.717, 1.165) is 25.8 Å². The molecule has 0 spiro atoms. The van der Waals surface area contributed by atoms with E-state index in [2.05, 4.69) is 12.2 Å². The largest absolute Gasteiger partial charge is 0.319 e. The molecular weight excluding hydrogens is 198 g/mol. The second-order valence-electron chi connectivity index (χ2n) is 3.90. The van der Waals surface area contributed by atoms with Gasteiger partial charge < -0.3 is 5.32 Å². The number of sulfone groups is 1. The number of hydrogen-bond donors (Lipinski definition) is 1. The molecule has 1 N–H and O–H groups in total. The molecule has 0 aliphatic rings. The van der Waals surface area contributed by atoms with Crippen LogP contribution in [0.1, 0.15) is 33.1 Å². The Balaban J connectivity index is 3.47. The summed E-state index contributed by atoms with van der Waals surface area (Å²) in [7, 11) is -0.803. The molecule has 0 aromatic carbocycles. The lowest BCUT2D eigenvalue weighted by molar-refractivity contribution is 0.482. The van der Waals surface area contributed by atoms with Crippen LogP contribution in [-0.2, 0) is 9.84 Å². The fourth-order valence-corrected chi connectivity index (χ4v) is 2.34. The third-order valence-corrected chi connectivity index (χ3v) is 4.19. The standard InChI is InChI=1S/C10H23NO2S/c1-4-14(12,13)8-6-5-7-10(2)9-11-3/h10-11H,4-9H2,1-3H3. The van der Waals surface area contributed by atoms with Crippen molar-refractivity contribution < 1.29 is 8.42 Å². The second kappa shape index (κ2) is 7.23. The van der Waals surface area contributed by atoms with E-state index >= 15 is 0 Å². The van der Waals surface area contributed by atoms with Gasteiger partial charge in [-0.15, -0.1) is 0 Å². The van der Waals surface area contributed by atoms with Crippen molar-refractivity contribution in [2.45, 2.75) is 33.1 Å². The van der Waals surface area contributed by atoms with Gasteiger partial charge in [-0.2, -0.15) is 0 Å². The second-order valence-corrected chi connectivity index (χ2v) is 6.37. The summed E-state index contributed by atoms with van der Waals surface area (Å²) in [6.45, 7) is 4.91. The van der Waals surface area contributed by atoms with E-state index in [-0.39, 0.29) is 5.75 Å². The number of hydrogen-bond acceptors (Lipinski definition) is 3. The zero-order valence-electron chi connectivity index (χ0n) is 9.54. The lowest BCUT2D eigenvalue weighted by Gasteiger charge is -2.09. The van der Waals surface area contributed by atoms with E-state index in [0.29, 0.717) is 11.7 Å². The SMILES string of the molecule is CCS(=O)(=O)CCCCC(C)CNC. The van der Waals surface area contributed by atoms with Gasteiger partial charge in [0.05, 0.1) is 5.75 Å². The van der Waals surface area contributed by atoms with Crippen molar-refractivity contribution in [3.63, 3.8) is 0 Å². The summed E-state index contributed by atoms with van der Waals surface area (Å²) in [6, 6.07) is 0. The molecule has 0 radical (unpaired) electrons. The van der Waals surface area contributed by atoms with E-state index in [4.69, 9.17) is 0 Å². The molecule has 0 bridgehead atoms. The Kier molecular flexibility index (Phi) is 7.19. The summed E-state index contributed by atoms with van der Waals surface area (Å²) in [5, 5.41) is 3.12. The Bertz CT molecular complexity index is 224. The highest BCUT2D eigenvalue weighted by Crippen LogP contribution is 2.07. The van der Waals surface area contributed by atoms with Gasteiger partial charge in [0, 0.05) is 5.75 Å². The van der Waals surface area contributed by atoms with Gasteiger partial charge in [0.25, 0.3) is 0 Å². The molecule has 0 rings (SSSR count). The maximum atomic E-state index is 11.2. The van der Waals surface area contributed by atoms with Crippen LogP contribution in [0.15, 0.2) is 0 Å². The van der Waals surface area contributed by atoms with E-state index in [1.807, 2.05) is 7.05 Å². The Morgan fingerprint density at radius 3 is 2.43 bits per heavy atom. The molecule has 86 valence electrons. The van der Waals surface area contributed by atoms with Gasteiger partial charge in [-0.05, 0) is 32.4 Å². The fourth-order valence-electron chi connectivity index (χ4n) is 1.41. The van der Waals surface area contributed by atoms with Crippen LogP contribution in [0.2, 0.25) is 0 Å². The van der Waals surface area contributed by atoms with E-state index in [1.165, 1.54) is 0 Å². The lowest BCUT2D eigenvalue weighted by Crippen LogP contribution is -2.16. The number of rotatable bonds is 8. The molecule has 0 saturated carbocycles. The molecule has 0 aliphatic heterocycles. The summed E-state index contributed by atoms with van der Waals surface area (Å²) < 4.78 is 22.3. The van der Waals surface area contributed by atoms with Gasteiger partial charge in [0.2, 0.25) is 0 Å². The summed E-state index contributed by atoms with van der Waals surface area (Å²) in [4.78, 5) is 0. The first kappa shape index (κ1) is 13.9. The highest BCUT2D eigenvalue weighted by Gasteiger charge is 2.07. The van der Waals surface area contributed by atoms with E-state index in [1.54, 1.807) is 6.92 Å². The van der Waals surface area contributed by atoms with Crippen molar-refractivity contribution >= 4 is 9.84 Å². The third kappa shape index (κ3) is 7.33. The van der Waals surface area contributed by atoms with Gasteiger partial charge in [0.1, 0.15) is 9.84 Å². The van der Waals surface area contributed by atoms with Crippen LogP contribution in [0.5, 0.6) is 0 Å². The minimum absolute atomic E-state index is 0.277. The number of unbranched alkanes of at least 4 members (excludes halogenated alkanes) is 1. The quantitative estimate of drug-likeness (QED) is 0.631. The molecule has 3 nitrogen and oxygen atoms in total. The van der Waals surface area contributed by atoms with Crippen LogP contribution in [-0.4, -0.2) is 33.5 Å². The first-order valence-electron chi connectivity index (χ1n) is 5.37. The summed E-state index contributed by atoms with van der Waals surface area (Å²) in [5.41, 5.74) is 0. The summed E-state index contributed by atoms with van der Waals surface area (Å²) in [6.07, 6.45) is 2.94.